The molecule has 0 aromatic carbocycles. The molecule has 1 amide bonds. The number of aromatic nitrogens is 7. The van der Waals surface area contributed by atoms with Crippen LogP contribution in [0.3, 0.4) is 0 Å². The number of pyridine rings is 1. The molecule has 0 saturated carbocycles. The molecule has 23 nitrogen and oxygen atoms in total. The van der Waals surface area contributed by atoms with E-state index in [4.69, 9.17) is 36.9 Å². The van der Waals surface area contributed by atoms with E-state index in [-0.39, 0.29) is 47.2 Å². The smallest absolute Gasteiger partial charge is 0.327 e. The van der Waals surface area contributed by atoms with Crippen LogP contribution in [0.5, 0.6) is 0 Å². The molecule has 0 bridgehead atoms. The highest BCUT2D eigenvalue weighted by Gasteiger charge is 2.47. The highest BCUT2D eigenvalue weighted by atomic mass is 32.2. The van der Waals surface area contributed by atoms with E-state index in [1.54, 1.807) is 10.6 Å². The fourth-order valence-electron chi connectivity index (χ4n) is 5.69. The monoisotopic (exact) mass is 827 g/mol. The van der Waals surface area contributed by atoms with Gasteiger partial charge >= 0.3 is 5.97 Å². The van der Waals surface area contributed by atoms with Crippen molar-refractivity contribution in [2.45, 2.75) is 74.5 Å². The minimum Gasteiger partial charge on any atom is -0.548 e. The van der Waals surface area contributed by atoms with Crippen molar-refractivity contribution < 1.29 is 59.6 Å². The molecule has 308 valence electrons. The molecule has 2 fully saturated rings. The average Bonchev–Trinajstić information content (AvgIpc) is 3.92. The topological polar surface area (TPSA) is 379 Å². The number of carboxylic acids is 2. The number of anilines is 2. The molecule has 56 heavy (non-hydrogen) atoms. The van der Waals surface area contributed by atoms with E-state index >= 15 is 0 Å². The molecule has 2 saturated heterocycles. The summed E-state index contributed by atoms with van der Waals surface area (Å²) < 4.78 is 14.4. The number of aliphatic hydroxyl groups is 5. The molecule has 11 atom stereocenters. The van der Waals surface area contributed by atoms with Gasteiger partial charge in [0.15, 0.2) is 29.7 Å². The van der Waals surface area contributed by atoms with Gasteiger partial charge in [0.2, 0.25) is 5.91 Å². The highest BCUT2D eigenvalue weighted by Crippen LogP contribution is 2.34. The molecule has 2 aliphatic heterocycles. The van der Waals surface area contributed by atoms with E-state index < -0.39 is 73.1 Å². The average molecular weight is 828 g/mol. The minimum absolute atomic E-state index is 0.106. The third-order valence-corrected chi connectivity index (χ3v) is 10.9. The van der Waals surface area contributed by atoms with E-state index in [0.29, 0.717) is 33.7 Å². The standard InChI is InChI=1S/C15H22N6O5S.C11H14N4O4.C5H9NO3S/c1-27(3-2-7(16)15(24)25)4-8-10(22)11(23)14(26-8)21-6-20-9-12(17)18-5-19-13(9)21;12-10-7-5(1-2-13-10)15(4-14-7)11-9(18)8(17)6(3-16)19-11;1-3(7)6-4(2-10)5(8)9/h5-8,10-11,14,22-23H,2-4,16H2,1H3,(H2-,17,18,19,24,25);1-2,4,6,8-9,11,16-18H,3H2,(H2,12,13);4,10H,2H2,1H3,(H,6,7)(H,8,9)/t7-,8+,10+,11+,14+,27?;6-,8-,9-,11-;4-/m010/s1. The Hall–Kier alpha value is -4.44. The van der Waals surface area contributed by atoms with Crippen LogP contribution in [0.4, 0.5) is 11.6 Å². The maximum atomic E-state index is 10.7. The van der Waals surface area contributed by atoms with Crippen LogP contribution in [0.2, 0.25) is 0 Å². The summed E-state index contributed by atoms with van der Waals surface area (Å²) in [4.78, 5) is 51.4. The van der Waals surface area contributed by atoms with Crippen LogP contribution in [-0.2, 0) is 34.8 Å². The zero-order valence-electron chi connectivity index (χ0n) is 30.0. The number of nitrogens with two attached hydrogens (primary N) is 3. The first-order valence-corrected chi connectivity index (χ1v) is 19.4. The molecule has 13 N–H and O–H groups in total. The van der Waals surface area contributed by atoms with E-state index in [9.17, 15) is 39.9 Å². The van der Waals surface area contributed by atoms with Crippen molar-refractivity contribution in [3.05, 3.63) is 31.2 Å². The van der Waals surface area contributed by atoms with Crippen LogP contribution in [-0.4, -0.2) is 161 Å². The van der Waals surface area contributed by atoms with Crippen LogP contribution in [0.1, 0.15) is 25.8 Å². The van der Waals surface area contributed by atoms with Gasteiger partial charge in [0.05, 0.1) is 37.0 Å². The van der Waals surface area contributed by atoms with Crippen molar-refractivity contribution in [3.63, 3.8) is 0 Å². The van der Waals surface area contributed by atoms with Crippen molar-refractivity contribution in [1.29, 1.82) is 0 Å². The number of rotatable bonds is 12. The predicted octanol–water partition coefficient (Wildman–Crippen LogP) is -5.13. The summed E-state index contributed by atoms with van der Waals surface area (Å²) >= 11 is 3.73. The molecule has 1 unspecified atom stereocenters. The van der Waals surface area contributed by atoms with E-state index in [1.165, 1.54) is 36.7 Å². The second kappa shape index (κ2) is 19.6. The maximum Gasteiger partial charge on any atom is 0.327 e. The number of imidazole rings is 2. The molecular weight excluding hydrogens is 783 g/mol. The van der Waals surface area contributed by atoms with Gasteiger partial charge in [-0.3, -0.25) is 9.36 Å². The first-order chi connectivity index (χ1) is 26.5. The van der Waals surface area contributed by atoms with Crippen LogP contribution in [0.25, 0.3) is 22.2 Å². The van der Waals surface area contributed by atoms with Gasteiger partial charge in [-0.05, 0) is 17.0 Å². The Morgan fingerprint density at radius 1 is 0.946 bits per heavy atom. The molecule has 6 heterocycles. The molecule has 0 radical (unpaired) electrons. The van der Waals surface area contributed by atoms with E-state index in [1.807, 2.05) is 6.26 Å². The number of nitrogens with one attached hydrogen (secondary N) is 1. The Morgan fingerprint density at radius 2 is 1.54 bits per heavy atom. The number of amides is 1. The Bertz CT molecular complexity index is 1960. The van der Waals surface area contributed by atoms with Gasteiger partial charge in [-0.25, -0.2) is 29.7 Å². The second-order valence-corrected chi connectivity index (χ2v) is 15.4. The van der Waals surface area contributed by atoms with Gasteiger partial charge in [-0.1, -0.05) is 0 Å². The third kappa shape index (κ3) is 10.3. The lowest BCUT2D eigenvalue weighted by atomic mass is 10.1. The van der Waals surface area contributed by atoms with Crippen molar-refractivity contribution in [3.8, 4) is 0 Å². The van der Waals surface area contributed by atoms with Crippen LogP contribution in [0.15, 0.2) is 31.2 Å². The fraction of sp³-hybridized carbons (Fsp3) is 0.548. The number of carbonyl (C=O) groups excluding carboxylic acids is 2. The number of aliphatic hydroxyl groups excluding tert-OH is 5. The summed E-state index contributed by atoms with van der Waals surface area (Å²) in [7, 11) is -0.263. The largest absolute Gasteiger partial charge is 0.548 e. The number of aliphatic carboxylic acids is 2. The molecule has 4 aromatic heterocycles. The first kappa shape index (κ1) is 44.3. The van der Waals surface area contributed by atoms with Crippen molar-refractivity contribution >= 4 is 75.2 Å². The minimum atomic E-state index is -1.28. The Labute approximate surface area is 326 Å². The predicted molar refractivity (Wildman–Crippen MR) is 200 cm³/mol. The molecule has 0 spiro atoms. The lowest BCUT2D eigenvalue weighted by Crippen LogP contribution is -2.43. The number of fused-ring (bicyclic) bond motifs is 2. The number of thiol groups is 1. The molecule has 0 aliphatic carbocycles. The number of nitrogen functional groups attached to an aromatic ring is 2. The normalized spacial score (nSPS) is 26.1. The van der Waals surface area contributed by atoms with Crippen molar-refractivity contribution in [1.82, 2.24) is 39.4 Å². The summed E-state index contributed by atoms with van der Waals surface area (Å²) in [6, 6.07) is -0.205. The molecule has 4 aromatic rings. The Kier molecular flexibility index (Phi) is 15.5. The number of nitrogens with zero attached hydrogens (tertiary/aromatic N) is 7. The van der Waals surface area contributed by atoms with E-state index in [2.05, 4.69) is 42.9 Å². The van der Waals surface area contributed by atoms with Gasteiger partial charge in [0, 0.05) is 31.3 Å². The highest BCUT2D eigenvalue weighted by molar-refractivity contribution is 7.96. The number of hydrogen-bond acceptors (Lipinski definition) is 20. The quantitative estimate of drug-likeness (QED) is 0.0470. The van der Waals surface area contributed by atoms with Gasteiger partial charge < -0.3 is 77.1 Å². The van der Waals surface area contributed by atoms with E-state index in [0.717, 1.165) is 0 Å². The summed E-state index contributed by atoms with van der Waals surface area (Å²) in [5.74, 6) is -1.10. The molecule has 25 heteroatoms. The maximum absolute atomic E-state index is 10.7. The zero-order chi connectivity index (χ0) is 41.4. The Morgan fingerprint density at radius 3 is 2.11 bits per heavy atom. The SMILES string of the molecule is CC(=O)N[C@@H](CS)C(=O)O.C[S+](CC[C@H](N)C(=O)[O-])C[C@H]1O[C@@H](n2cnc3c(N)ncnc32)[C@H](O)[C@@H]1O.Nc1nccc2c1ncn2[C@@H]1O[C@H](CO)[C@@H](O)[C@H]1O. The van der Waals surface area contributed by atoms with Gasteiger partial charge in [0.1, 0.15) is 71.5 Å². The molecule has 2 aliphatic rings. The third-order valence-electron chi connectivity index (χ3n) is 8.70. The van der Waals surface area contributed by atoms with Crippen LogP contribution in [0, 0.1) is 0 Å². The van der Waals surface area contributed by atoms with Crippen LogP contribution < -0.4 is 27.6 Å². The van der Waals surface area contributed by atoms with Crippen LogP contribution >= 0.6 is 12.6 Å². The van der Waals surface area contributed by atoms with Crippen molar-refractivity contribution in [2.75, 3.05) is 41.6 Å². The summed E-state index contributed by atoms with van der Waals surface area (Å²) in [6.07, 6.45) is 0.213. The number of hydrogen-bond donors (Lipinski definition) is 11. The lowest BCUT2D eigenvalue weighted by Gasteiger charge is -2.16. The first-order valence-electron chi connectivity index (χ1n) is 16.8. The number of carbonyl (C=O) groups is 3. The summed E-state index contributed by atoms with van der Waals surface area (Å²) in [5.41, 5.74) is 18.9. The zero-order valence-corrected chi connectivity index (χ0v) is 31.8. The molecule has 6 rings (SSSR count). The van der Waals surface area contributed by atoms with Crippen molar-refractivity contribution in [2.24, 2.45) is 5.73 Å². The second-order valence-electron chi connectivity index (χ2n) is 12.7. The Balaban J connectivity index is 0.000000208. The summed E-state index contributed by atoms with van der Waals surface area (Å²) in [5, 5.41) is 70.9. The summed E-state index contributed by atoms with van der Waals surface area (Å²) in [6.45, 7) is 0.893. The van der Waals surface area contributed by atoms with Gasteiger partial charge in [0.25, 0.3) is 0 Å². The number of carboxylic acid groups (broad SMARTS) is 2. The number of ether oxygens (including phenoxy) is 2. The fourth-order valence-corrected chi connectivity index (χ4v) is 7.60. The van der Waals surface area contributed by atoms with Gasteiger partial charge in [-0.15, -0.1) is 0 Å². The van der Waals surface area contributed by atoms with Gasteiger partial charge in [-0.2, -0.15) is 12.6 Å². The lowest BCUT2D eigenvalue weighted by molar-refractivity contribution is -0.307. The molecular formula is C31H45N11O12S2.